The van der Waals surface area contributed by atoms with E-state index in [4.69, 9.17) is 4.74 Å². The first-order valence-corrected chi connectivity index (χ1v) is 8.52. The highest BCUT2D eigenvalue weighted by Gasteiger charge is 2.14. The standard InChI is InChI=1S/C19H21N5O2/c1-4-26-19(25)12-17-21-14(3)24(23-17)18-10-13(2)20-16(22-18)11-15-8-6-5-7-9-15/h5-10H,4,11-12H2,1-3H3. The molecule has 1 aromatic carbocycles. The smallest absolute Gasteiger partial charge is 0.313 e. The van der Waals surface area contributed by atoms with Gasteiger partial charge in [-0.2, -0.15) is 4.68 Å². The zero-order valence-electron chi connectivity index (χ0n) is 15.1. The van der Waals surface area contributed by atoms with Gasteiger partial charge in [-0.3, -0.25) is 4.79 Å². The normalized spacial score (nSPS) is 10.7. The summed E-state index contributed by atoms with van der Waals surface area (Å²) in [5.74, 6) is 2.10. The SMILES string of the molecule is CCOC(=O)Cc1nc(C)n(-c2cc(C)nc(Cc3ccccc3)n2)n1. The maximum atomic E-state index is 11.6. The fraction of sp³-hybridized carbons (Fsp3) is 0.316. The van der Waals surface area contributed by atoms with Crippen LogP contribution in [0.1, 0.15) is 35.7 Å². The molecule has 0 atom stereocenters. The predicted molar refractivity (Wildman–Crippen MR) is 96.0 cm³/mol. The summed E-state index contributed by atoms with van der Waals surface area (Å²) < 4.78 is 6.59. The first-order chi connectivity index (χ1) is 12.5. The Balaban J connectivity index is 1.87. The van der Waals surface area contributed by atoms with Crippen molar-refractivity contribution >= 4 is 5.97 Å². The third-order valence-corrected chi connectivity index (χ3v) is 3.73. The fourth-order valence-electron chi connectivity index (χ4n) is 2.66. The lowest BCUT2D eigenvalue weighted by Gasteiger charge is -2.07. The number of nitrogens with zero attached hydrogens (tertiary/aromatic N) is 5. The number of ether oxygens (including phenoxy) is 1. The molecule has 0 bridgehead atoms. The van der Waals surface area contributed by atoms with E-state index in [-0.39, 0.29) is 12.4 Å². The second kappa shape index (κ2) is 7.86. The minimum Gasteiger partial charge on any atom is -0.466 e. The molecular weight excluding hydrogens is 330 g/mol. The van der Waals surface area contributed by atoms with Gasteiger partial charge in [-0.25, -0.2) is 15.0 Å². The van der Waals surface area contributed by atoms with Crippen LogP contribution in [0.3, 0.4) is 0 Å². The van der Waals surface area contributed by atoms with Gasteiger partial charge in [0.15, 0.2) is 11.6 Å². The van der Waals surface area contributed by atoms with Crippen LogP contribution in [-0.4, -0.2) is 37.3 Å². The molecule has 0 unspecified atom stereocenters. The zero-order chi connectivity index (χ0) is 18.5. The number of carbonyl (C=O) groups is 1. The van der Waals surface area contributed by atoms with Crippen LogP contribution in [0, 0.1) is 13.8 Å². The van der Waals surface area contributed by atoms with Crippen LogP contribution >= 0.6 is 0 Å². The Hall–Kier alpha value is -3.09. The second-order valence-corrected chi connectivity index (χ2v) is 5.91. The van der Waals surface area contributed by atoms with E-state index in [1.54, 1.807) is 11.6 Å². The molecule has 0 fully saturated rings. The van der Waals surface area contributed by atoms with E-state index < -0.39 is 0 Å². The summed E-state index contributed by atoms with van der Waals surface area (Å²) in [6, 6.07) is 11.9. The van der Waals surface area contributed by atoms with Gasteiger partial charge in [-0.05, 0) is 26.3 Å². The maximum absolute atomic E-state index is 11.6. The van der Waals surface area contributed by atoms with Gasteiger partial charge in [0.05, 0.1) is 6.61 Å². The van der Waals surface area contributed by atoms with Crippen LogP contribution in [-0.2, 0) is 22.4 Å². The molecule has 0 aliphatic rings. The van der Waals surface area contributed by atoms with E-state index in [9.17, 15) is 4.79 Å². The Morgan fingerprint density at radius 2 is 1.85 bits per heavy atom. The second-order valence-electron chi connectivity index (χ2n) is 5.91. The van der Waals surface area contributed by atoms with Crippen LogP contribution in [0.2, 0.25) is 0 Å². The van der Waals surface area contributed by atoms with Crippen molar-refractivity contribution < 1.29 is 9.53 Å². The molecule has 2 heterocycles. The molecule has 0 spiro atoms. The van der Waals surface area contributed by atoms with Gasteiger partial charge in [0, 0.05) is 18.2 Å². The van der Waals surface area contributed by atoms with E-state index in [0.29, 0.717) is 36.3 Å². The minimum absolute atomic E-state index is 0.0443. The van der Waals surface area contributed by atoms with Gasteiger partial charge < -0.3 is 4.74 Å². The summed E-state index contributed by atoms with van der Waals surface area (Å²) in [6.45, 7) is 5.86. The summed E-state index contributed by atoms with van der Waals surface area (Å²) in [6.07, 6.45) is 0.682. The average molecular weight is 351 g/mol. The molecule has 0 amide bonds. The number of rotatable bonds is 6. The van der Waals surface area contributed by atoms with Crippen LogP contribution < -0.4 is 0 Å². The molecule has 0 N–H and O–H groups in total. The van der Waals surface area contributed by atoms with Crippen LogP contribution in [0.15, 0.2) is 36.4 Å². The van der Waals surface area contributed by atoms with Crippen LogP contribution in [0.25, 0.3) is 5.82 Å². The van der Waals surface area contributed by atoms with Gasteiger partial charge in [-0.15, -0.1) is 5.10 Å². The molecule has 2 aromatic heterocycles. The third kappa shape index (κ3) is 4.30. The highest BCUT2D eigenvalue weighted by Crippen LogP contribution is 2.12. The van der Waals surface area contributed by atoms with E-state index in [1.807, 2.05) is 50.2 Å². The van der Waals surface area contributed by atoms with Crippen molar-refractivity contribution in [2.75, 3.05) is 6.61 Å². The lowest BCUT2D eigenvalue weighted by molar-refractivity contribution is -0.142. The number of hydrogen-bond donors (Lipinski definition) is 0. The van der Waals surface area contributed by atoms with Crippen molar-refractivity contribution in [1.82, 2.24) is 24.7 Å². The number of esters is 1. The number of hydrogen-bond acceptors (Lipinski definition) is 6. The van der Waals surface area contributed by atoms with E-state index in [0.717, 1.165) is 11.3 Å². The molecule has 0 radical (unpaired) electrons. The van der Waals surface area contributed by atoms with Gasteiger partial charge in [0.25, 0.3) is 0 Å². The average Bonchev–Trinajstić information content (AvgIpc) is 2.95. The Labute approximate surface area is 152 Å². The summed E-state index contributed by atoms with van der Waals surface area (Å²) in [7, 11) is 0. The molecule has 7 heteroatoms. The number of aryl methyl sites for hydroxylation is 2. The van der Waals surface area contributed by atoms with Crippen molar-refractivity contribution in [3.8, 4) is 5.82 Å². The molecule has 3 rings (SSSR count). The monoisotopic (exact) mass is 351 g/mol. The van der Waals surface area contributed by atoms with Crippen molar-refractivity contribution in [1.29, 1.82) is 0 Å². The summed E-state index contributed by atoms with van der Waals surface area (Å²) in [4.78, 5) is 25.1. The van der Waals surface area contributed by atoms with Crippen molar-refractivity contribution in [2.45, 2.75) is 33.6 Å². The van der Waals surface area contributed by atoms with Gasteiger partial charge in [0.2, 0.25) is 0 Å². The van der Waals surface area contributed by atoms with Gasteiger partial charge in [-0.1, -0.05) is 30.3 Å². The molecule has 7 nitrogen and oxygen atoms in total. The van der Waals surface area contributed by atoms with Crippen molar-refractivity contribution in [3.05, 3.63) is 65.1 Å². The van der Waals surface area contributed by atoms with Crippen molar-refractivity contribution in [2.24, 2.45) is 0 Å². The largest absolute Gasteiger partial charge is 0.466 e. The summed E-state index contributed by atoms with van der Waals surface area (Å²) >= 11 is 0. The highest BCUT2D eigenvalue weighted by molar-refractivity contribution is 5.71. The Kier molecular flexibility index (Phi) is 5.36. The molecule has 0 saturated carbocycles. The third-order valence-electron chi connectivity index (χ3n) is 3.73. The fourth-order valence-corrected chi connectivity index (χ4v) is 2.66. The lowest BCUT2D eigenvalue weighted by Crippen LogP contribution is -2.10. The zero-order valence-corrected chi connectivity index (χ0v) is 15.1. The highest BCUT2D eigenvalue weighted by atomic mass is 16.5. The first-order valence-electron chi connectivity index (χ1n) is 8.52. The van der Waals surface area contributed by atoms with Crippen LogP contribution in [0.4, 0.5) is 0 Å². The van der Waals surface area contributed by atoms with E-state index >= 15 is 0 Å². The molecule has 26 heavy (non-hydrogen) atoms. The lowest BCUT2D eigenvalue weighted by atomic mass is 10.1. The topological polar surface area (TPSA) is 82.8 Å². The predicted octanol–water partition coefficient (Wildman–Crippen LogP) is 2.37. The summed E-state index contributed by atoms with van der Waals surface area (Å²) in [5.41, 5.74) is 1.99. The molecular formula is C19H21N5O2. The molecule has 0 saturated heterocycles. The van der Waals surface area contributed by atoms with E-state index in [2.05, 4.69) is 20.1 Å². The number of benzene rings is 1. The Bertz CT molecular complexity index is 906. The van der Waals surface area contributed by atoms with Gasteiger partial charge >= 0.3 is 5.97 Å². The van der Waals surface area contributed by atoms with Crippen molar-refractivity contribution in [3.63, 3.8) is 0 Å². The minimum atomic E-state index is -0.340. The number of carbonyl (C=O) groups excluding carboxylic acids is 1. The molecule has 134 valence electrons. The van der Waals surface area contributed by atoms with E-state index in [1.165, 1.54) is 0 Å². The summed E-state index contributed by atoms with van der Waals surface area (Å²) in [5, 5.41) is 4.41. The Morgan fingerprint density at radius 3 is 2.58 bits per heavy atom. The Morgan fingerprint density at radius 1 is 1.08 bits per heavy atom. The maximum Gasteiger partial charge on any atom is 0.313 e. The molecule has 0 aliphatic carbocycles. The molecule has 0 aliphatic heterocycles. The van der Waals surface area contributed by atoms with Gasteiger partial charge in [0.1, 0.15) is 18.1 Å². The molecule has 3 aromatic rings. The quantitative estimate of drug-likeness (QED) is 0.634. The van der Waals surface area contributed by atoms with Crippen LogP contribution in [0.5, 0.6) is 0 Å². The number of aromatic nitrogens is 5. The first kappa shape index (κ1) is 17.7.